The van der Waals surface area contributed by atoms with Crippen molar-refractivity contribution in [3.05, 3.63) is 28.5 Å². The highest BCUT2D eigenvalue weighted by Gasteiger charge is 2.21. The number of hydrogen-bond donors (Lipinski definition) is 0. The minimum Gasteiger partial charge on any atom is -0.469 e. The van der Waals surface area contributed by atoms with Gasteiger partial charge < -0.3 is 9.64 Å². The molecule has 0 aliphatic rings. The molecule has 0 fully saturated rings. The molecule has 0 aliphatic heterocycles. The molecule has 1 aromatic rings. The molecule has 1 rings (SSSR count). The lowest BCUT2D eigenvalue weighted by molar-refractivity contribution is -0.145. The van der Waals surface area contributed by atoms with Gasteiger partial charge in [-0.05, 0) is 28.1 Å². The molecule has 0 bridgehead atoms. The van der Waals surface area contributed by atoms with E-state index in [1.165, 1.54) is 12.0 Å². The van der Waals surface area contributed by atoms with Crippen molar-refractivity contribution in [2.24, 2.45) is 5.92 Å². The van der Waals surface area contributed by atoms with E-state index < -0.39 is 0 Å². The van der Waals surface area contributed by atoms with Gasteiger partial charge >= 0.3 is 5.97 Å². The maximum Gasteiger partial charge on any atom is 0.310 e. The zero-order valence-corrected chi connectivity index (χ0v) is 12.1. The Labute approximate surface area is 114 Å². The van der Waals surface area contributed by atoms with Gasteiger partial charge in [0.1, 0.15) is 4.60 Å². The van der Waals surface area contributed by atoms with Crippen molar-refractivity contribution >= 4 is 27.8 Å². The van der Waals surface area contributed by atoms with Crippen LogP contribution in [0.15, 0.2) is 22.9 Å². The van der Waals surface area contributed by atoms with Crippen molar-refractivity contribution in [3.8, 4) is 0 Å². The molecule has 0 radical (unpaired) electrons. The average molecular weight is 315 g/mol. The SMILES string of the molecule is COC(=O)C(C)CN(C)C(=O)c1cccnc1Br. The normalized spacial score (nSPS) is 11.8. The minimum atomic E-state index is -0.362. The second kappa shape index (κ2) is 6.49. The van der Waals surface area contributed by atoms with Gasteiger partial charge in [-0.15, -0.1) is 0 Å². The zero-order valence-electron chi connectivity index (χ0n) is 10.5. The third-order valence-electron chi connectivity index (χ3n) is 2.49. The van der Waals surface area contributed by atoms with Gasteiger partial charge in [0.05, 0.1) is 18.6 Å². The summed E-state index contributed by atoms with van der Waals surface area (Å²) in [6, 6.07) is 3.37. The summed E-state index contributed by atoms with van der Waals surface area (Å²) < 4.78 is 5.12. The molecule has 1 amide bonds. The molecule has 1 aromatic heterocycles. The van der Waals surface area contributed by atoms with Gasteiger partial charge in [-0.3, -0.25) is 9.59 Å². The van der Waals surface area contributed by atoms with E-state index in [1.807, 2.05) is 0 Å². The first-order valence-electron chi connectivity index (χ1n) is 5.41. The van der Waals surface area contributed by atoms with Gasteiger partial charge in [0, 0.05) is 19.8 Å². The van der Waals surface area contributed by atoms with Gasteiger partial charge in [0.15, 0.2) is 0 Å². The van der Waals surface area contributed by atoms with E-state index in [0.29, 0.717) is 16.7 Å². The largest absolute Gasteiger partial charge is 0.469 e. The van der Waals surface area contributed by atoms with Gasteiger partial charge in [-0.1, -0.05) is 6.92 Å². The summed E-state index contributed by atoms with van der Waals surface area (Å²) in [5, 5.41) is 0. The molecular weight excluding hydrogens is 300 g/mol. The van der Waals surface area contributed by atoms with Crippen LogP contribution in [-0.4, -0.2) is 42.5 Å². The number of esters is 1. The lowest BCUT2D eigenvalue weighted by Gasteiger charge is -2.20. The summed E-state index contributed by atoms with van der Waals surface area (Å²) in [6.45, 7) is 2.01. The third kappa shape index (κ3) is 3.53. The van der Waals surface area contributed by atoms with Crippen LogP contribution in [-0.2, 0) is 9.53 Å². The maximum atomic E-state index is 12.1. The summed E-state index contributed by atoms with van der Waals surface area (Å²) in [5.41, 5.74) is 0.470. The van der Waals surface area contributed by atoms with Crippen LogP contribution < -0.4 is 0 Å². The number of pyridine rings is 1. The predicted octanol–water partition coefficient (Wildman–Crippen LogP) is 1.73. The smallest absolute Gasteiger partial charge is 0.310 e. The molecule has 0 saturated heterocycles. The van der Waals surface area contributed by atoms with Gasteiger partial charge in [-0.2, -0.15) is 0 Å². The highest BCUT2D eigenvalue weighted by atomic mass is 79.9. The van der Waals surface area contributed by atoms with Crippen molar-refractivity contribution in [2.45, 2.75) is 6.92 Å². The number of halogens is 1. The number of amides is 1. The Morgan fingerprint density at radius 1 is 1.56 bits per heavy atom. The predicted molar refractivity (Wildman–Crippen MR) is 70.1 cm³/mol. The molecule has 0 aromatic carbocycles. The number of methoxy groups -OCH3 is 1. The highest BCUT2D eigenvalue weighted by molar-refractivity contribution is 9.10. The third-order valence-corrected chi connectivity index (χ3v) is 3.12. The zero-order chi connectivity index (χ0) is 13.7. The molecule has 1 atom stereocenters. The van der Waals surface area contributed by atoms with E-state index in [4.69, 9.17) is 0 Å². The fraction of sp³-hybridized carbons (Fsp3) is 0.417. The van der Waals surface area contributed by atoms with Crippen molar-refractivity contribution in [1.29, 1.82) is 0 Å². The van der Waals surface area contributed by atoms with Crippen LogP contribution >= 0.6 is 15.9 Å². The van der Waals surface area contributed by atoms with E-state index in [9.17, 15) is 9.59 Å². The van der Waals surface area contributed by atoms with Crippen LogP contribution in [0.1, 0.15) is 17.3 Å². The first-order valence-corrected chi connectivity index (χ1v) is 6.20. The molecule has 0 aliphatic carbocycles. The summed E-state index contributed by atoms with van der Waals surface area (Å²) in [4.78, 5) is 28.9. The van der Waals surface area contributed by atoms with E-state index in [1.54, 1.807) is 32.3 Å². The molecular formula is C12H15BrN2O3. The number of aromatic nitrogens is 1. The second-order valence-corrected chi connectivity index (χ2v) is 4.70. The minimum absolute atomic E-state index is 0.189. The van der Waals surface area contributed by atoms with Crippen LogP contribution in [0, 0.1) is 5.92 Å². The highest BCUT2D eigenvalue weighted by Crippen LogP contribution is 2.15. The monoisotopic (exact) mass is 314 g/mol. The molecule has 1 heterocycles. The summed E-state index contributed by atoms with van der Waals surface area (Å²) in [6.07, 6.45) is 1.60. The average Bonchev–Trinajstić information content (AvgIpc) is 2.37. The number of ether oxygens (including phenoxy) is 1. The number of carbonyl (C=O) groups excluding carboxylic acids is 2. The Balaban J connectivity index is 2.74. The topological polar surface area (TPSA) is 59.5 Å². The van der Waals surface area contributed by atoms with E-state index >= 15 is 0 Å². The number of rotatable bonds is 4. The van der Waals surface area contributed by atoms with E-state index in [0.717, 1.165) is 0 Å². The number of nitrogens with zero attached hydrogens (tertiary/aromatic N) is 2. The fourth-order valence-corrected chi connectivity index (χ4v) is 1.94. The fourth-order valence-electron chi connectivity index (χ4n) is 1.52. The van der Waals surface area contributed by atoms with E-state index in [2.05, 4.69) is 25.7 Å². The number of hydrogen-bond acceptors (Lipinski definition) is 4. The second-order valence-electron chi connectivity index (χ2n) is 3.95. The van der Waals surface area contributed by atoms with Crippen LogP contribution in [0.25, 0.3) is 0 Å². The first kappa shape index (κ1) is 14.6. The Bertz CT molecular complexity index is 451. The van der Waals surface area contributed by atoms with E-state index in [-0.39, 0.29) is 17.8 Å². The first-order chi connectivity index (χ1) is 8.47. The molecule has 18 heavy (non-hydrogen) atoms. The van der Waals surface area contributed by atoms with Crippen molar-refractivity contribution in [1.82, 2.24) is 9.88 Å². The number of carbonyl (C=O) groups is 2. The molecule has 98 valence electrons. The van der Waals surface area contributed by atoms with Crippen LogP contribution in [0.2, 0.25) is 0 Å². The van der Waals surface area contributed by atoms with Crippen molar-refractivity contribution in [2.75, 3.05) is 20.7 Å². The molecule has 5 nitrogen and oxygen atoms in total. The van der Waals surface area contributed by atoms with Crippen LogP contribution in [0.4, 0.5) is 0 Å². The summed E-state index contributed by atoms with van der Waals surface area (Å²) >= 11 is 3.22. The quantitative estimate of drug-likeness (QED) is 0.627. The summed E-state index contributed by atoms with van der Waals surface area (Å²) in [5.74, 6) is -0.884. The Hall–Kier alpha value is -1.43. The Morgan fingerprint density at radius 2 is 2.22 bits per heavy atom. The van der Waals surface area contributed by atoms with Crippen LogP contribution in [0.3, 0.4) is 0 Å². The lowest BCUT2D eigenvalue weighted by Crippen LogP contribution is -2.34. The summed E-state index contributed by atoms with van der Waals surface area (Å²) in [7, 11) is 2.97. The Kier molecular flexibility index (Phi) is 5.27. The Morgan fingerprint density at radius 3 is 2.78 bits per heavy atom. The standard InChI is InChI=1S/C12H15BrN2O3/c1-8(12(17)18-3)7-15(2)11(16)9-5-4-6-14-10(9)13/h4-6,8H,7H2,1-3H3. The molecule has 0 spiro atoms. The molecule has 0 saturated carbocycles. The van der Waals surface area contributed by atoms with Gasteiger partial charge in [-0.25, -0.2) is 4.98 Å². The van der Waals surface area contributed by atoms with Crippen molar-refractivity contribution < 1.29 is 14.3 Å². The van der Waals surface area contributed by atoms with Gasteiger partial charge in [0.25, 0.3) is 5.91 Å². The molecule has 6 heteroatoms. The molecule has 0 N–H and O–H groups in total. The van der Waals surface area contributed by atoms with Crippen molar-refractivity contribution in [3.63, 3.8) is 0 Å². The van der Waals surface area contributed by atoms with Crippen LogP contribution in [0.5, 0.6) is 0 Å². The lowest BCUT2D eigenvalue weighted by atomic mass is 10.1. The maximum absolute atomic E-state index is 12.1. The van der Waals surface area contributed by atoms with Gasteiger partial charge in [0.2, 0.25) is 0 Å². The molecule has 1 unspecified atom stereocenters.